The summed E-state index contributed by atoms with van der Waals surface area (Å²) >= 11 is 5.89. The Morgan fingerprint density at radius 2 is 1.76 bits per heavy atom. The number of rotatable bonds is 6. The molecule has 0 aromatic heterocycles. The molecule has 2 aromatic carbocycles. The van der Waals surface area contributed by atoms with Crippen LogP contribution in [0.4, 0.5) is 24.5 Å². The molecule has 0 aliphatic rings. The quantitative estimate of drug-likeness (QED) is 0.717. The number of carbonyl (C=O) groups is 1. The SMILES string of the molecule is COc1ccc(N([C@@H](C)C(=O)Nc2cc(C(F)(F)F)ccc2Cl)S(C)(=O)=O)cc1. The summed E-state index contributed by atoms with van der Waals surface area (Å²) in [6.07, 6.45) is -3.71. The number of amides is 1. The van der Waals surface area contributed by atoms with E-state index in [9.17, 15) is 26.4 Å². The maximum Gasteiger partial charge on any atom is 0.416 e. The number of benzene rings is 2. The molecule has 2 rings (SSSR count). The third kappa shape index (κ3) is 5.54. The normalized spacial score (nSPS) is 12.9. The van der Waals surface area contributed by atoms with Gasteiger partial charge in [0.2, 0.25) is 15.9 Å². The summed E-state index contributed by atoms with van der Waals surface area (Å²) in [6, 6.07) is 7.12. The van der Waals surface area contributed by atoms with Crippen molar-refractivity contribution in [2.45, 2.75) is 19.1 Å². The van der Waals surface area contributed by atoms with Gasteiger partial charge >= 0.3 is 6.18 Å². The molecule has 0 bridgehead atoms. The smallest absolute Gasteiger partial charge is 0.416 e. The van der Waals surface area contributed by atoms with Crippen molar-refractivity contribution in [2.24, 2.45) is 0 Å². The average Bonchev–Trinajstić information content (AvgIpc) is 2.62. The first-order valence-corrected chi connectivity index (χ1v) is 10.4. The molecule has 0 radical (unpaired) electrons. The number of carbonyl (C=O) groups excluding carboxylic acids is 1. The Morgan fingerprint density at radius 1 is 1.17 bits per heavy atom. The number of sulfonamides is 1. The highest BCUT2D eigenvalue weighted by Crippen LogP contribution is 2.34. The van der Waals surface area contributed by atoms with Crippen molar-refractivity contribution in [3.05, 3.63) is 53.1 Å². The summed E-state index contributed by atoms with van der Waals surface area (Å²) in [5.41, 5.74) is -1.09. The molecule has 29 heavy (non-hydrogen) atoms. The summed E-state index contributed by atoms with van der Waals surface area (Å²) < 4.78 is 69.2. The minimum Gasteiger partial charge on any atom is -0.497 e. The molecule has 0 aliphatic carbocycles. The van der Waals surface area contributed by atoms with Gasteiger partial charge in [0.1, 0.15) is 11.8 Å². The van der Waals surface area contributed by atoms with E-state index in [2.05, 4.69) is 5.32 Å². The molecule has 1 atom stereocenters. The van der Waals surface area contributed by atoms with Crippen molar-refractivity contribution in [2.75, 3.05) is 23.0 Å². The summed E-state index contributed by atoms with van der Waals surface area (Å²) in [4.78, 5) is 12.6. The number of alkyl halides is 3. The van der Waals surface area contributed by atoms with Crippen molar-refractivity contribution in [1.29, 1.82) is 0 Å². The van der Waals surface area contributed by atoms with Crippen molar-refractivity contribution in [1.82, 2.24) is 0 Å². The molecule has 0 saturated carbocycles. The lowest BCUT2D eigenvalue weighted by Crippen LogP contribution is -2.45. The number of hydrogen-bond donors (Lipinski definition) is 1. The van der Waals surface area contributed by atoms with Crippen LogP contribution in [0.3, 0.4) is 0 Å². The Balaban J connectivity index is 2.35. The Kier molecular flexibility index (Phi) is 6.69. The second-order valence-corrected chi connectivity index (χ2v) is 8.38. The predicted molar refractivity (Wildman–Crippen MR) is 105 cm³/mol. The molecule has 0 aliphatic heterocycles. The molecule has 0 saturated heterocycles. The fraction of sp³-hybridized carbons (Fsp3) is 0.278. The summed E-state index contributed by atoms with van der Waals surface area (Å²) in [7, 11) is -2.45. The van der Waals surface area contributed by atoms with E-state index in [1.807, 2.05) is 0 Å². The minimum atomic E-state index is -4.63. The predicted octanol–water partition coefficient (Wildman–Crippen LogP) is 4.16. The van der Waals surface area contributed by atoms with Crippen LogP contribution in [-0.4, -0.2) is 33.7 Å². The van der Waals surface area contributed by atoms with Crippen LogP contribution >= 0.6 is 11.6 Å². The van der Waals surface area contributed by atoms with E-state index in [1.54, 1.807) is 0 Å². The van der Waals surface area contributed by atoms with Crippen LogP contribution in [0, 0.1) is 0 Å². The number of nitrogens with one attached hydrogen (secondary N) is 1. The molecular weight excluding hydrogens is 433 g/mol. The molecule has 2 aromatic rings. The largest absolute Gasteiger partial charge is 0.497 e. The molecule has 0 heterocycles. The third-order valence-corrected chi connectivity index (χ3v) is 5.54. The fourth-order valence-corrected chi connectivity index (χ4v) is 3.91. The van der Waals surface area contributed by atoms with Gasteiger partial charge in [0, 0.05) is 0 Å². The van der Waals surface area contributed by atoms with Crippen LogP contribution in [0.5, 0.6) is 5.75 Å². The molecular formula is C18H18ClF3N2O4S. The second-order valence-electron chi connectivity index (χ2n) is 6.11. The van der Waals surface area contributed by atoms with Gasteiger partial charge in [0.05, 0.1) is 35.3 Å². The topological polar surface area (TPSA) is 75.7 Å². The van der Waals surface area contributed by atoms with Crippen LogP contribution in [0.1, 0.15) is 12.5 Å². The zero-order valence-corrected chi connectivity index (χ0v) is 17.2. The number of nitrogens with zero attached hydrogens (tertiary/aromatic N) is 1. The number of hydrogen-bond acceptors (Lipinski definition) is 4. The fourth-order valence-electron chi connectivity index (χ4n) is 2.57. The van der Waals surface area contributed by atoms with Crippen LogP contribution in [0.25, 0.3) is 0 Å². The van der Waals surface area contributed by atoms with E-state index in [0.29, 0.717) is 11.8 Å². The zero-order chi connectivity index (χ0) is 22.0. The molecule has 0 unspecified atom stereocenters. The van der Waals surface area contributed by atoms with Crippen LogP contribution in [0.2, 0.25) is 5.02 Å². The first kappa shape index (κ1) is 22.8. The highest BCUT2D eigenvalue weighted by molar-refractivity contribution is 7.92. The van der Waals surface area contributed by atoms with Gasteiger partial charge in [0.15, 0.2) is 0 Å². The summed E-state index contributed by atoms with van der Waals surface area (Å²) in [6.45, 7) is 1.31. The van der Waals surface area contributed by atoms with Gasteiger partial charge in [-0.25, -0.2) is 8.42 Å². The molecule has 1 amide bonds. The maximum absolute atomic E-state index is 12.9. The lowest BCUT2D eigenvalue weighted by Gasteiger charge is -2.28. The van der Waals surface area contributed by atoms with Gasteiger partial charge < -0.3 is 10.1 Å². The molecule has 6 nitrogen and oxygen atoms in total. The number of methoxy groups -OCH3 is 1. The highest BCUT2D eigenvalue weighted by atomic mass is 35.5. The van der Waals surface area contributed by atoms with Crippen LogP contribution in [0.15, 0.2) is 42.5 Å². The van der Waals surface area contributed by atoms with Gasteiger partial charge in [-0.15, -0.1) is 0 Å². The standard InChI is InChI=1S/C18H18ClF3N2O4S/c1-11(24(29(3,26)27)13-5-7-14(28-2)8-6-13)17(25)23-16-10-12(18(20,21)22)4-9-15(16)19/h4-11H,1-3H3,(H,23,25)/t11-/m0/s1. The Bertz CT molecular complexity index is 995. The van der Waals surface area contributed by atoms with E-state index >= 15 is 0 Å². The number of ether oxygens (including phenoxy) is 1. The monoisotopic (exact) mass is 450 g/mol. The molecule has 158 valence electrons. The second kappa shape index (κ2) is 8.50. The highest BCUT2D eigenvalue weighted by Gasteiger charge is 2.32. The van der Waals surface area contributed by atoms with Crippen molar-refractivity contribution >= 4 is 38.9 Å². The molecule has 11 heteroatoms. The Hall–Kier alpha value is -2.46. The van der Waals surface area contributed by atoms with Crippen LogP contribution in [-0.2, 0) is 21.0 Å². The Labute approximate surface area is 171 Å². The van der Waals surface area contributed by atoms with Crippen molar-refractivity contribution < 1.29 is 31.1 Å². The summed E-state index contributed by atoms with van der Waals surface area (Å²) in [5, 5.41) is 2.15. The minimum absolute atomic E-state index is 0.117. The lowest BCUT2D eigenvalue weighted by atomic mass is 10.2. The average molecular weight is 451 g/mol. The number of anilines is 2. The molecule has 0 fully saturated rings. The molecule has 0 spiro atoms. The van der Waals surface area contributed by atoms with Gasteiger partial charge in [-0.3, -0.25) is 9.10 Å². The van der Waals surface area contributed by atoms with E-state index in [-0.39, 0.29) is 16.4 Å². The number of halogens is 4. The third-order valence-electron chi connectivity index (χ3n) is 3.97. The van der Waals surface area contributed by atoms with E-state index in [0.717, 1.165) is 22.7 Å². The van der Waals surface area contributed by atoms with E-state index < -0.39 is 33.7 Å². The van der Waals surface area contributed by atoms with E-state index in [4.69, 9.17) is 16.3 Å². The van der Waals surface area contributed by atoms with Crippen molar-refractivity contribution in [3.8, 4) is 5.75 Å². The Morgan fingerprint density at radius 3 is 2.24 bits per heavy atom. The lowest BCUT2D eigenvalue weighted by molar-refractivity contribution is -0.137. The van der Waals surface area contributed by atoms with E-state index in [1.165, 1.54) is 38.3 Å². The van der Waals surface area contributed by atoms with Gasteiger partial charge in [-0.05, 0) is 49.4 Å². The van der Waals surface area contributed by atoms with Gasteiger partial charge in [0.25, 0.3) is 0 Å². The van der Waals surface area contributed by atoms with Gasteiger partial charge in [-0.2, -0.15) is 13.2 Å². The van der Waals surface area contributed by atoms with Crippen LogP contribution < -0.4 is 14.4 Å². The zero-order valence-electron chi connectivity index (χ0n) is 15.6. The first-order valence-electron chi connectivity index (χ1n) is 8.15. The van der Waals surface area contributed by atoms with Gasteiger partial charge in [-0.1, -0.05) is 11.6 Å². The van der Waals surface area contributed by atoms with Crippen molar-refractivity contribution in [3.63, 3.8) is 0 Å². The summed E-state index contributed by atoms with van der Waals surface area (Å²) in [5.74, 6) is -0.373. The first-order chi connectivity index (χ1) is 13.3. The maximum atomic E-state index is 12.9. The molecule has 1 N–H and O–H groups in total.